The number of para-hydroxylation sites is 7. The lowest BCUT2D eigenvalue weighted by molar-refractivity contribution is 0.953. The lowest BCUT2D eigenvalue weighted by atomic mass is 10.0. The predicted octanol–water partition coefficient (Wildman–Crippen LogP) is 21.1. The van der Waals surface area contributed by atoms with E-state index in [0.717, 1.165) is 128 Å². The minimum Gasteiger partial charge on any atom is -0.309 e. The molecule has 0 atom stereocenters. The molecule has 19 rings (SSSR count). The molecule has 0 saturated carbocycles. The molecule has 9 heteroatoms. The van der Waals surface area contributed by atoms with E-state index >= 15 is 0 Å². The van der Waals surface area contributed by atoms with Gasteiger partial charge in [0.2, 0.25) is 5.95 Å². The molecule has 0 radical (unpaired) electrons. The van der Waals surface area contributed by atoms with Gasteiger partial charge in [-0.3, -0.25) is 4.57 Å². The van der Waals surface area contributed by atoms with Crippen molar-refractivity contribution >= 4 is 87.2 Å². The van der Waals surface area contributed by atoms with Crippen molar-refractivity contribution in [2.24, 2.45) is 0 Å². The van der Waals surface area contributed by atoms with E-state index in [9.17, 15) is 0 Å². The fourth-order valence-corrected chi connectivity index (χ4v) is 14.4. The Hall–Kier alpha value is -12.9. The van der Waals surface area contributed by atoms with Crippen LogP contribution in [0.3, 0.4) is 0 Å². The van der Waals surface area contributed by atoms with Crippen LogP contribution in [0.2, 0.25) is 0 Å². The van der Waals surface area contributed by atoms with E-state index < -0.39 is 0 Å². The Balaban J connectivity index is 0.758. The molecular formula is C85H53N9. The van der Waals surface area contributed by atoms with Gasteiger partial charge < -0.3 is 13.7 Å². The molecule has 94 heavy (non-hydrogen) atoms. The maximum absolute atomic E-state index is 5.69. The summed E-state index contributed by atoms with van der Waals surface area (Å²) in [6.45, 7) is 0. The predicted molar refractivity (Wildman–Crippen MR) is 385 cm³/mol. The number of aromatic nitrogens is 9. The number of hydrogen-bond donors (Lipinski definition) is 0. The van der Waals surface area contributed by atoms with Gasteiger partial charge in [0, 0.05) is 76.6 Å². The molecule has 0 fully saturated rings. The standard InChI is InChI=1S/C85H53N9/c1-5-25-54(26-6-1)70-53-71(87-84(86-70)65-38-18-24-44-77(65)93-74-41-21-15-36-63(74)69-51-80-68(52-81(69)93)62-35-13-19-39-72(62)91(80)59-31-11-4-12-32-59)64-37-17-23-43-76(64)92-73-40-20-14-33-60(73)66-49-57(45-47-78(66)92)58-46-48-79-67(50-58)61-34-16-22-42-75(61)94(79)85-89-82(55-27-7-2-8-28-55)88-83(90-85)56-29-9-3-10-30-56/h1-53H. The Morgan fingerprint density at radius 1 is 0.191 bits per heavy atom. The van der Waals surface area contributed by atoms with Crippen molar-refractivity contribution in [3.63, 3.8) is 0 Å². The van der Waals surface area contributed by atoms with Gasteiger partial charge in [0.25, 0.3) is 0 Å². The summed E-state index contributed by atoms with van der Waals surface area (Å²) in [6.07, 6.45) is 0. The fourth-order valence-electron chi connectivity index (χ4n) is 14.4. The first-order valence-electron chi connectivity index (χ1n) is 31.7. The second kappa shape index (κ2) is 21.4. The van der Waals surface area contributed by atoms with E-state index in [4.69, 9.17) is 24.9 Å². The molecule has 438 valence electrons. The average molecular weight is 1200 g/mol. The molecule has 0 saturated heterocycles. The van der Waals surface area contributed by atoms with Gasteiger partial charge in [-0.15, -0.1) is 0 Å². The van der Waals surface area contributed by atoms with E-state index in [1.807, 2.05) is 60.7 Å². The summed E-state index contributed by atoms with van der Waals surface area (Å²) in [5.41, 5.74) is 20.5. The van der Waals surface area contributed by atoms with Gasteiger partial charge in [-0.25, -0.2) is 15.0 Å². The molecule has 0 aliphatic carbocycles. The molecule has 6 aromatic heterocycles. The highest BCUT2D eigenvalue weighted by Gasteiger charge is 2.25. The third-order valence-corrected chi connectivity index (χ3v) is 18.6. The molecule has 0 aliphatic heterocycles. The van der Waals surface area contributed by atoms with Gasteiger partial charge in [-0.1, -0.05) is 224 Å². The van der Waals surface area contributed by atoms with Gasteiger partial charge in [0.1, 0.15) is 0 Å². The van der Waals surface area contributed by atoms with Crippen LogP contribution in [0.15, 0.2) is 322 Å². The number of rotatable bonds is 10. The number of nitrogens with zero attached hydrogens (tertiary/aromatic N) is 9. The molecule has 6 heterocycles. The van der Waals surface area contributed by atoms with Gasteiger partial charge in [-0.05, 0) is 108 Å². The summed E-state index contributed by atoms with van der Waals surface area (Å²) < 4.78 is 9.41. The van der Waals surface area contributed by atoms with Gasteiger partial charge in [-0.2, -0.15) is 9.97 Å². The van der Waals surface area contributed by atoms with E-state index in [2.05, 4.69) is 279 Å². The van der Waals surface area contributed by atoms with Crippen LogP contribution in [-0.4, -0.2) is 43.2 Å². The van der Waals surface area contributed by atoms with E-state index in [0.29, 0.717) is 23.4 Å². The second-order valence-electron chi connectivity index (χ2n) is 24.0. The van der Waals surface area contributed by atoms with Crippen LogP contribution in [0.25, 0.3) is 178 Å². The van der Waals surface area contributed by atoms with Crippen LogP contribution in [0.5, 0.6) is 0 Å². The van der Waals surface area contributed by atoms with Crippen molar-refractivity contribution in [3.8, 4) is 90.8 Å². The van der Waals surface area contributed by atoms with Crippen molar-refractivity contribution in [1.29, 1.82) is 0 Å². The molecule has 0 spiro atoms. The zero-order valence-corrected chi connectivity index (χ0v) is 50.6. The minimum absolute atomic E-state index is 0.561. The SMILES string of the molecule is c1ccc(-c2cc(-c3ccccc3-n3c4ccccc4c4cc(-c5ccc6c(c5)c5ccccc5n6-c5nc(-c6ccccc6)nc(-c6ccccc6)n5)ccc43)nc(-c3ccccc3-n3c4ccccc4c4cc5c(cc43)c3ccccc3n5-c3ccccc3)n2)cc1. The van der Waals surface area contributed by atoms with E-state index in [1.165, 1.54) is 27.1 Å². The molecule has 19 aromatic rings. The maximum Gasteiger partial charge on any atom is 0.238 e. The molecule has 0 N–H and O–H groups in total. The van der Waals surface area contributed by atoms with Crippen molar-refractivity contribution in [3.05, 3.63) is 322 Å². The van der Waals surface area contributed by atoms with E-state index in [1.54, 1.807) is 0 Å². The summed E-state index contributed by atoms with van der Waals surface area (Å²) in [6, 6.07) is 114. The van der Waals surface area contributed by atoms with Crippen LogP contribution < -0.4 is 0 Å². The lowest BCUT2D eigenvalue weighted by Crippen LogP contribution is -2.06. The third kappa shape index (κ3) is 8.45. The van der Waals surface area contributed by atoms with Crippen LogP contribution >= 0.6 is 0 Å². The monoisotopic (exact) mass is 1200 g/mol. The summed E-state index contributed by atoms with van der Waals surface area (Å²) in [5, 5.41) is 9.24. The van der Waals surface area contributed by atoms with Gasteiger partial charge in [0.15, 0.2) is 17.5 Å². The van der Waals surface area contributed by atoms with Crippen LogP contribution in [0.1, 0.15) is 0 Å². The van der Waals surface area contributed by atoms with Crippen LogP contribution in [0.4, 0.5) is 0 Å². The van der Waals surface area contributed by atoms with E-state index in [-0.39, 0.29) is 0 Å². The largest absolute Gasteiger partial charge is 0.309 e. The van der Waals surface area contributed by atoms with Gasteiger partial charge in [0.05, 0.1) is 66.9 Å². The Kier molecular flexibility index (Phi) is 12.1. The summed E-state index contributed by atoms with van der Waals surface area (Å²) in [7, 11) is 0. The second-order valence-corrected chi connectivity index (χ2v) is 24.0. The van der Waals surface area contributed by atoms with Crippen molar-refractivity contribution in [2.75, 3.05) is 0 Å². The fraction of sp³-hybridized carbons (Fsp3) is 0. The Labute approximate surface area is 539 Å². The van der Waals surface area contributed by atoms with Crippen molar-refractivity contribution < 1.29 is 0 Å². The lowest BCUT2D eigenvalue weighted by Gasteiger charge is -2.17. The van der Waals surface area contributed by atoms with Crippen LogP contribution in [0, 0.1) is 0 Å². The first-order chi connectivity index (χ1) is 46.6. The summed E-state index contributed by atoms with van der Waals surface area (Å²) in [5.74, 6) is 2.42. The third-order valence-electron chi connectivity index (χ3n) is 18.6. The highest BCUT2D eigenvalue weighted by atomic mass is 15.2. The molecule has 0 aliphatic rings. The average Bonchev–Trinajstić information content (AvgIpc) is 1.56. The highest BCUT2D eigenvalue weighted by molar-refractivity contribution is 6.19. The Morgan fingerprint density at radius 2 is 0.564 bits per heavy atom. The molecule has 13 aromatic carbocycles. The van der Waals surface area contributed by atoms with Crippen LogP contribution in [-0.2, 0) is 0 Å². The smallest absolute Gasteiger partial charge is 0.238 e. The molecule has 0 unspecified atom stereocenters. The first-order valence-corrected chi connectivity index (χ1v) is 31.7. The Bertz CT molecular complexity index is 6160. The zero-order valence-electron chi connectivity index (χ0n) is 50.6. The summed E-state index contributed by atoms with van der Waals surface area (Å²) >= 11 is 0. The van der Waals surface area contributed by atoms with Gasteiger partial charge >= 0.3 is 0 Å². The quantitative estimate of drug-likeness (QED) is 0.136. The Morgan fingerprint density at radius 3 is 1.11 bits per heavy atom. The summed E-state index contributed by atoms with van der Waals surface area (Å²) in [4.78, 5) is 26.6. The topological polar surface area (TPSA) is 84.2 Å². The highest BCUT2D eigenvalue weighted by Crippen LogP contribution is 2.44. The maximum atomic E-state index is 5.69. The molecular weight excluding hydrogens is 1150 g/mol. The number of fused-ring (bicyclic) bond motifs is 12. The molecule has 0 amide bonds. The minimum atomic E-state index is 0.561. The molecule has 9 nitrogen and oxygen atoms in total. The normalized spacial score (nSPS) is 11.8. The van der Waals surface area contributed by atoms with Crippen molar-refractivity contribution in [2.45, 2.75) is 0 Å². The molecule has 0 bridgehead atoms. The number of hydrogen-bond acceptors (Lipinski definition) is 5. The first kappa shape index (κ1) is 53.0. The van der Waals surface area contributed by atoms with Crippen molar-refractivity contribution in [1.82, 2.24) is 43.2 Å². The zero-order chi connectivity index (χ0) is 61.8. The number of benzene rings is 13.